The second-order valence-corrected chi connectivity index (χ2v) is 8.67. The van der Waals surface area contributed by atoms with Gasteiger partial charge in [0.05, 0.1) is 12.4 Å². The number of nitrogens with one attached hydrogen (secondary N) is 1. The fraction of sp³-hybridized carbons (Fsp3) is 0.192. The summed E-state index contributed by atoms with van der Waals surface area (Å²) in [6.07, 6.45) is 0.616. The Bertz CT molecular complexity index is 1310. The second kappa shape index (κ2) is 10.5. The lowest BCUT2D eigenvalue weighted by Gasteiger charge is -2.12. The van der Waals surface area contributed by atoms with E-state index in [4.69, 9.17) is 14.2 Å². The Morgan fingerprint density at radius 1 is 1.03 bits per heavy atom. The predicted octanol–water partition coefficient (Wildman–Crippen LogP) is 4.72. The SMILES string of the molecule is CCOc1ccc(-n2c(Cc3ccccc3)nnc2SCC(=O)Nc2ccc3c(c2)OCO3)cc1. The van der Waals surface area contributed by atoms with Gasteiger partial charge in [-0.1, -0.05) is 42.1 Å². The monoisotopic (exact) mass is 488 g/mol. The Labute approximate surface area is 207 Å². The summed E-state index contributed by atoms with van der Waals surface area (Å²) in [5, 5.41) is 12.4. The summed E-state index contributed by atoms with van der Waals surface area (Å²) in [5.41, 5.74) is 2.69. The summed E-state index contributed by atoms with van der Waals surface area (Å²) in [4.78, 5) is 12.7. The second-order valence-electron chi connectivity index (χ2n) is 7.73. The molecule has 178 valence electrons. The first-order valence-corrected chi connectivity index (χ1v) is 12.2. The predicted molar refractivity (Wildman–Crippen MR) is 134 cm³/mol. The minimum Gasteiger partial charge on any atom is -0.494 e. The fourth-order valence-corrected chi connectivity index (χ4v) is 4.48. The van der Waals surface area contributed by atoms with Gasteiger partial charge in [0.25, 0.3) is 0 Å². The van der Waals surface area contributed by atoms with Crippen LogP contribution >= 0.6 is 11.8 Å². The zero-order valence-corrected chi connectivity index (χ0v) is 20.0. The number of amides is 1. The van der Waals surface area contributed by atoms with Crippen molar-refractivity contribution in [3.05, 3.63) is 84.2 Å². The molecule has 0 fully saturated rings. The molecule has 8 nitrogen and oxygen atoms in total. The minimum atomic E-state index is -0.153. The first-order valence-electron chi connectivity index (χ1n) is 11.2. The number of thioether (sulfide) groups is 1. The Kier molecular flexibility index (Phi) is 6.85. The number of hydrogen-bond acceptors (Lipinski definition) is 7. The van der Waals surface area contributed by atoms with Crippen LogP contribution < -0.4 is 19.5 Å². The lowest BCUT2D eigenvalue weighted by atomic mass is 10.1. The topological polar surface area (TPSA) is 87.5 Å². The van der Waals surface area contributed by atoms with Gasteiger partial charge in [0, 0.05) is 23.9 Å². The quantitative estimate of drug-likeness (QED) is 0.341. The van der Waals surface area contributed by atoms with Crippen LogP contribution in [0.1, 0.15) is 18.3 Å². The zero-order valence-electron chi connectivity index (χ0n) is 19.1. The molecule has 0 bridgehead atoms. The van der Waals surface area contributed by atoms with Gasteiger partial charge >= 0.3 is 0 Å². The van der Waals surface area contributed by atoms with Crippen molar-refractivity contribution >= 4 is 23.4 Å². The molecule has 35 heavy (non-hydrogen) atoms. The number of carbonyl (C=O) groups is 1. The Morgan fingerprint density at radius 3 is 2.63 bits per heavy atom. The maximum absolute atomic E-state index is 12.7. The molecule has 3 aromatic carbocycles. The van der Waals surface area contributed by atoms with E-state index in [-0.39, 0.29) is 18.5 Å². The molecule has 4 aromatic rings. The fourth-order valence-electron chi connectivity index (χ4n) is 3.71. The molecule has 0 aliphatic carbocycles. The number of carbonyl (C=O) groups excluding carboxylic acids is 1. The number of benzene rings is 3. The first-order chi connectivity index (χ1) is 17.2. The van der Waals surface area contributed by atoms with Crippen molar-refractivity contribution in [1.29, 1.82) is 0 Å². The van der Waals surface area contributed by atoms with E-state index in [1.54, 1.807) is 18.2 Å². The van der Waals surface area contributed by atoms with Crippen LogP contribution in [0.5, 0.6) is 17.2 Å². The average molecular weight is 489 g/mol. The Balaban J connectivity index is 1.34. The van der Waals surface area contributed by atoms with Crippen LogP contribution in [0.25, 0.3) is 5.69 Å². The highest BCUT2D eigenvalue weighted by molar-refractivity contribution is 7.99. The van der Waals surface area contributed by atoms with Crippen molar-refractivity contribution < 1.29 is 19.0 Å². The van der Waals surface area contributed by atoms with E-state index in [1.165, 1.54) is 11.8 Å². The molecule has 1 aromatic heterocycles. The Morgan fingerprint density at radius 2 is 1.83 bits per heavy atom. The van der Waals surface area contributed by atoms with Gasteiger partial charge in [-0.15, -0.1) is 10.2 Å². The van der Waals surface area contributed by atoms with Crippen LogP contribution in [-0.2, 0) is 11.2 Å². The number of ether oxygens (including phenoxy) is 3. The maximum Gasteiger partial charge on any atom is 0.234 e. The third kappa shape index (κ3) is 5.41. The van der Waals surface area contributed by atoms with Gasteiger partial charge in [-0.2, -0.15) is 0 Å². The van der Waals surface area contributed by atoms with Crippen LogP contribution in [-0.4, -0.2) is 39.8 Å². The lowest BCUT2D eigenvalue weighted by Crippen LogP contribution is -2.14. The molecule has 0 saturated heterocycles. The molecular weight excluding hydrogens is 464 g/mol. The number of fused-ring (bicyclic) bond motifs is 1. The molecule has 5 rings (SSSR count). The molecule has 0 unspecified atom stereocenters. The van der Waals surface area contributed by atoms with E-state index >= 15 is 0 Å². The summed E-state index contributed by atoms with van der Waals surface area (Å²) in [6.45, 7) is 2.74. The highest BCUT2D eigenvalue weighted by Gasteiger charge is 2.18. The normalized spacial score (nSPS) is 11.9. The van der Waals surface area contributed by atoms with Gasteiger partial charge < -0.3 is 19.5 Å². The van der Waals surface area contributed by atoms with Crippen LogP contribution in [0.2, 0.25) is 0 Å². The van der Waals surface area contributed by atoms with Gasteiger partial charge in [0.15, 0.2) is 16.7 Å². The van der Waals surface area contributed by atoms with E-state index in [0.717, 1.165) is 22.8 Å². The van der Waals surface area contributed by atoms with Crippen LogP contribution in [0.15, 0.2) is 78.0 Å². The molecule has 0 saturated carbocycles. The molecule has 1 aliphatic heterocycles. The van der Waals surface area contributed by atoms with Gasteiger partial charge in [0.2, 0.25) is 12.7 Å². The van der Waals surface area contributed by atoms with Gasteiger partial charge in [0.1, 0.15) is 11.6 Å². The number of aromatic nitrogens is 3. The molecule has 9 heteroatoms. The molecule has 2 heterocycles. The third-order valence-corrected chi connectivity index (χ3v) is 6.23. The standard InChI is InChI=1S/C26H24N4O4S/c1-2-32-21-11-9-20(10-12-21)30-24(14-18-6-4-3-5-7-18)28-29-26(30)35-16-25(31)27-19-8-13-22-23(15-19)34-17-33-22/h3-13,15H,2,14,16-17H2,1H3,(H,27,31). The lowest BCUT2D eigenvalue weighted by molar-refractivity contribution is -0.113. The van der Waals surface area contributed by atoms with E-state index in [9.17, 15) is 4.79 Å². The van der Waals surface area contributed by atoms with Crippen molar-refractivity contribution in [3.63, 3.8) is 0 Å². The first kappa shape index (κ1) is 22.8. The largest absolute Gasteiger partial charge is 0.494 e. The van der Waals surface area contributed by atoms with E-state index in [0.29, 0.717) is 35.4 Å². The summed E-state index contributed by atoms with van der Waals surface area (Å²) >= 11 is 1.33. The molecule has 0 spiro atoms. The van der Waals surface area contributed by atoms with Gasteiger partial charge in [-0.3, -0.25) is 9.36 Å². The average Bonchev–Trinajstić information content (AvgIpc) is 3.51. The summed E-state index contributed by atoms with van der Waals surface area (Å²) in [6, 6.07) is 23.2. The van der Waals surface area contributed by atoms with Gasteiger partial charge in [-0.05, 0) is 48.9 Å². The summed E-state index contributed by atoms with van der Waals surface area (Å²) < 4.78 is 18.3. The van der Waals surface area contributed by atoms with Crippen molar-refractivity contribution in [2.75, 3.05) is 24.5 Å². The van der Waals surface area contributed by atoms with Crippen molar-refractivity contribution in [3.8, 4) is 22.9 Å². The number of hydrogen-bond donors (Lipinski definition) is 1. The highest BCUT2D eigenvalue weighted by Crippen LogP contribution is 2.34. The van der Waals surface area contributed by atoms with E-state index < -0.39 is 0 Å². The summed E-state index contributed by atoms with van der Waals surface area (Å²) in [7, 11) is 0. The van der Waals surface area contributed by atoms with E-state index in [2.05, 4.69) is 27.6 Å². The number of anilines is 1. The zero-order chi connectivity index (χ0) is 24.0. The van der Waals surface area contributed by atoms with Crippen molar-refractivity contribution in [1.82, 2.24) is 14.8 Å². The Hall–Kier alpha value is -3.98. The molecule has 0 radical (unpaired) electrons. The van der Waals surface area contributed by atoms with Crippen LogP contribution in [0.4, 0.5) is 5.69 Å². The third-order valence-electron chi connectivity index (χ3n) is 5.30. The maximum atomic E-state index is 12.7. The van der Waals surface area contributed by atoms with Crippen LogP contribution in [0, 0.1) is 0 Å². The number of nitrogens with zero attached hydrogens (tertiary/aromatic N) is 3. The van der Waals surface area contributed by atoms with Crippen molar-refractivity contribution in [2.45, 2.75) is 18.5 Å². The molecular formula is C26H24N4O4S. The molecule has 1 aliphatic rings. The smallest absolute Gasteiger partial charge is 0.234 e. The van der Waals surface area contributed by atoms with Gasteiger partial charge in [-0.25, -0.2) is 0 Å². The van der Waals surface area contributed by atoms with E-state index in [1.807, 2.05) is 54.0 Å². The van der Waals surface area contributed by atoms with Crippen molar-refractivity contribution in [2.24, 2.45) is 0 Å². The highest BCUT2D eigenvalue weighted by atomic mass is 32.2. The molecule has 1 N–H and O–H groups in total. The molecule has 1 amide bonds. The minimum absolute atomic E-state index is 0.153. The van der Waals surface area contributed by atoms with Crippen LogP contribution in [0.3, 0.4) is 0 Å². The molecule has 0 atom stereocenters. The summed E-state index contributed by atoms with van der Waals surface area (Å²) in [5.74, 6) is 2.91. The number of rotatable bonds is 9.